The number of hydrogen-bond acceptors (Lipinski definition) is 6. The molecule has 12 heteroatoms. The minimum Gasteiger partial charge on any atom is -0.497 e. The molecule has 1 fully saturated rings. The molecule has 0 saturated heterocycles. The highest BCUT2D eigenvalue weighted by molar-refractivity contribution is 7.80. The molecule has 8 nitrogen and oxygen atoms in total. The molecule has 1 aliphatic carbocycles. The zero-order valence-corrected chi connectivity index (χ0v) is 21.7. The third-order valence-corrected chi connectivity index (χ3v) is 6.41. The standard InChI is InChI=1S/C27H24F3N5O3S/c1-36-20-11-12-22(24(13-20)37-2)32-26(39)33-23-14-21(23)16-3-5-17(6-4-16)25-31-15-35(34-25)18-7-9-19(10-8-18)38-27(28,29)30/h3-13,15,21,23H,14H2,1-2H3,(H2,32,33,39). The summed E-state index contributed by atoms with van der Waals surface area (Å²) in [4.78, 5) is 4.34. The quantitative estimate of drug-likeness (QED) is 0.268. The summed E-state index contributed by atoms with van der Waals surface area (Å²) in [6.07, 6.45) is -2.28. The molecule has 1 saturated carbocycles. The van der Waals surface area contributed by atoms with Crippen LogP contribution in [0.3, 0.4) is 0 Å². The Morgan fingerprint density at radius 1 is 0.974 bits per heavy atom. The number of ether oxygens (including phenoxy) is 3. The van der Waals surface area contributed by atoms with Gasteiger partial charge in [-0.15, -0.1) is 18.3 Å². The Labute approximate surface area is 227 Å². The summed E-state index contributed by atoms with van der Waals surface area (Å²) in [6.45, 7) is 0. The average molecular weight is 556 g/mol. The van der Waals surface area contributed by atoms with Gasteiger partial charge in [0.25, 0.3) is 0 Å². The van der Waals surface area contributed by atoms with Gasteiger partial charge in [-0.25, -0.2) is 9.67 Å². The molecule has 0 bridgehead atoms. The lowest BCUT2D eigenvalue weighted by molar-refractivity contribution is -0.274. The van der Waals surface area contributed by atoms with Crippen LogP contribution in [-0.4, -0.2) is 46.5 Å². The van der Waals surface area contributed by atoms with E-state index in [2.05, 4.69) is 25.5 Å². The maximum absolute atomic E-state index is 12.4. The molecule has 4 aromatic rings. The molecule has 1 aliphatic rings. The van der Waals surface area contributed by atoms with Crippen molar-refractivity contribution in [3.63, 3.8) is 0 Å². The van der Waals surface area contributed by atoms with E-state index in [1.165, 1.54) is 40.8 Å². The van der Waals surface area contributed by atoms with E-state index < -0.39 is 6.36 Å². The molecule has 1 aromatic heterocycles. The van der Waals surface area contributed by atoms with Crippen LogP contribution in [0, 0.1) is 0 Å². The number of hydrogen-bond donors (Lipinski definition) is 2. The zero-order chi connectivity index (χ0) is 27.6. The number of anilines is 1. The molecular formula is C27H24F3N5O3S. The van der Waals surface area contributed by atoms with Gasteiger partial charge in [-0.3, -0.25) is 0 Å². The number of benzene rings is 3. The van der Waals surface area contributed by atoms with Crippen molar-refractivity contribution in [3.8, 4) is 34.3 Å². The van der Waals surface area contributed by atoms with Crippen molar-refractivity contribution in [2.45, 2.75) is 24.7 Å². The number of rotatable bonds is 8. The van der Waals surface area contributed by atoms with E-state index in [-0.39, 0.29) is 11.8 Å². The van der Waals surface area contributed by atoms with Gasteiger partial charge in [0.1, 0.15) is 23.6 Å². The van der Waals surface area contributed by atoms with Gasteiger partial charge in [-0.05, 0) is 60.6 Å². The number of nitrogens with one attached hydrogen (secondary N) is 2. The van der Waals surface area contributed by atoms with Crippen molar-refractivity contribution in [1.29, 1.82) is 0 Å². The highest BCUT2D eigenvalue weighted by atomic mass is 32.1. The lowest BCUT2D eigenvalue weighted by atomic mass is 10.1. The molecule has 202 valence electrons. The first-order valence-electron chi connectivity index (χ1n) is 11.9. The van der Waals surface area contributed by atoms with E-state index in [4.69, 9.17) is 21.7 Å². The molecule has 0 spiro atoms. The van der Waals surface area contributed by atoms with Gasteiger partial charge in [0.15, 0.2) is 10.9 Å². The molecule has 0 radical (unpaired) electrons. The second kappa shape index (κ2) is 10.8. The van der Waals surface area contributed by atoms with Crippen LogP contribution >= 0.6 is 12.2 Å². The lowest BCUT2D eigenvalue weighted by Crippen LogP contribution is -2.31. The first-order chi connectivity index (χ1) is 18.7. The van der Waals surface area contributed by atoms with Gasteiger partial charge >= 0.3 is 6.36 Å². The molecule has 0 amide bonds. The smallest absolute Gasteiger partial charge is 0.497 e. The molecule has 2 unspecified atom stereocenters. The third kappa shape index (κ3) is 6.40. The van der Waals surface area contributed by atoms with Gasteiger partial charge in [0.2, 0.25) is 0 Å². The van der Waals surface area contributed by atoms with Crippen LogP contribution in [0.15, 0.2) is 73.1 Å². The second-order valence-electron chi connectivity index (χ2n) is 8.79. The van der Waals surface area contributed by atoms with Gasteiger partial charge in [-0.1, -0.05) is 24.3 Å². The normalized spacial score (nSPS) is 16.3. The minimum absolute atomic E-state index is 0.210. The Bertz CT molecular complexity index is 1460. The van der Waals surface area contributed by atoms with Crippen LogP contribution in [0.25, 0.3) is 17.1 Å². The first-order valence-corrected chi connectivity index (χ1v) is 12.3. The van der Waals surface area contributed by atoms with Crippen molar-refractivity contribution in [2.75, 3.05) is 19.5 Å². The van der Waals surface area contributed by atoms with Gasteiger partial charge in [0, 0.05) is 23.6 Å². The number of nitrogens with zero attached hydrogens (tertiary/aromatic N) is 3. The molecule has 2 atom stereocenters. The molecule has 5 rings (SSSR count). The summed E-state index contributed by atoms with van der Waals surface area (Å²) >= 11 is 5.50. The second-order valence-corrected chi connectivity index (χ2v) is 9.20. The average Bonchev–Trinajstić information content (AvgIpc) is 3.49. The molecule has 2 N–H and O–H groups in total. The fourth-order valence-electron chi connectivity index (χ4n) is 4.15. The van der Waals surface area contributed by atoms with E-state index in [1.807, 2.05) is 36.4 Å². The van der Waals surface area contributed by atoms with Crippen molar-refractivity contribution < 1.29 is 27.4 Å². The number of thiocarbonyl (C=S) groups is 1. The summed E-state index contributed by atoms with van der Waals surface area (Å²) in [6, 6.07) is 19.1. The number of aromatic nitrogens is 3. The monoisotopic (exact) mass is 555 g/mol. The predicted octanol–water partition coefficient (Wildman–Crippen LogP) is 5.69. The van der Waals surface area contributed by atoms with Crippen molar-refractivity contribution in [1.82, 2.24) is 20.1 Å². The number of methoxy groups -OCH3 is 2. The Kier molecular flexibility index (Phi) is 7.29. The van der Waals surface area contributed by atoms with Gasteiger partial charge in [-0.2, -0.15) is 0 Å². The molecule has 1 heterocycles. The summed E-state index contributed by atoms with van der Waals surface area (Å²) in [5.41, 5.74) is 3.29. The Morgan fingerprint density at radius 3 is 2.36 bits per heavy atom. The maximum Gasteiger partial charge on any atom is 0.573 e. The molecule has 0 aliphatic heterocycles. The van der Waals surface area contributed by atoms with E-state index in [0.717, 1.165) is 17.7 Å². The predicted molar refractivity (Wildman–Crippen MR) is 144 cm³/mol. The fraction of sp³-hybridized carbons (Fsp3) is 0.222. The van der Waals surface area contributed by atoms with E-state index >= 15 is 0 Å². The fourth-order valence-corrected chi connectivity index (χ4v) is 4.41. The Hall–Kier alpha value is -4.32. The maximum atomic E-state index is 12.4. The summed E-state index contributed by atoms with van der Waals surface area (Å²) in [5.74, 6) is 1.84. The van der Waals surface area contributed by atoms with Crippen molar-refractivity contribution >= 4 is 23.0 Å². The van der Waals surface area contributed by atoms with Crippen LogP contribution in [0.4, 0.5) is 18.9 Å². The van der Waals surface area contributed by atoms with Crippen LogP contribution in [0.2, 0.25) is 0 Å². The highest BCUT2D eigenvalue weighted by Crippen LogP contribution is 2.41. The SMILES string of the molecule is COc1ccc(NC(=S)NC2CC2c2ccc(-c3ncn(-c4ccc(OC(F)(F)F)cc4)n3)cc2)c(OC)c1. The topological polar surface area (TPSA) is 82.5 Å². The third-order valence-electron chi connectivity index (χ3n) is 6.19. The first kappa shape index (κ1) is 26.3. The molecule has 3 aromatic carbocycles. The summed E-state index contributed by atoms with van der Waals surface area (Å²) in [7, 11) is 3.19. The lowest BCUT2D eigenvalue weighted by Gasteiger charge is -2.14. The van der Waals surface area contributed by atoms with E-state index in [0.29, 0.717) is 34.0 Å². The Morgan fingerprint density at radius 2 is 1.69 bits per heavy atom. The van der Waals surface area contributed by atoms with Crippen LogP contribution in [-0.2, 0) is 0 Å². The van der Waals surface area contributed by atoms with Gasteiger partial charge in [0.05, 0.1) is 25.6 Å². The van der Waals surface area contributed by atoms with E-state index in [1.54, 1.807) is 20.3 Å². The highest BCUT2D eigenvalue weighted by Gasteiger charge is 2.39. The number of halogens is 3. The van der Waals surface area contributed by atoms with E-state index in [9.17, 15) is 13.2 Å². The van der Waals surface area contributed by atoms with Crippen molar-refractivity contribution in [3.05, 3.63) is 78.6 Å². The number of alkyl halides is 3. The van der Waals surface area contributed by atoms with Crippen LogP contribution in [0.1, 0.15) is 17.9 Å². The zero-order valence-electron chi connectivity index (χ0n) is 20.9. The van der Waals surface area contributed by atoms with Crippen molar-refractivity contribution in [2.24, 2.45) is 0 Å². The summed E-state index contributed by atoms with van der Waals surface area (Å²) in [5, 5.41) is 11.5. The molecule has 39 heavy (non-hydrogen) atoms. The summed E-state index contributed by atoms with van der Waals surface area (Å²) < 4.78 is 53.2. The minimum atomic E-state index is -4.74. The Balaban J connectivity index is 1.17. The van der Waals surface area contributed by atoms with Crippen LogP contribution < -0.4 is 24.8 Å². The largest absolute Gasteiger partial charge is 0.573 e. The molecular weight excluding hydrogens is 531 g/mol. The van der Waals surface area contributed by atoms with Crippen LogP contribution in [0.5, 0.6) is 17.2 Å². The van der Waals surface area contributed by atoms with Gasteiger partial charge < -0.3 is 24.8 Å².